The summed E-state index contributed by atoms with van der Waals surface area (Å²) in [6.45, 7) is 0. The summed E-state index contributed by atoms with van der Waals surface area (Å²) in [5.74, 6) is -2.64. The molecule has 2 aromatic rings. The fraction of sp³-hybridized carbons (Fsp3) is 0. The van der Waals surface area contributed by atoms with E-state index in [1.165, 1.54) is 0 Å². The van der Waals surface area contributed by atoms with Crippen LogP contribution in [0.2, 0.25) is 0 Å². The number of hydrogen-bond donors (Lipinski definition) is 2. The summed E-state index contributed by atoms with van der Waals surface area (Å²) in [5.41, 5.74) is -0.352. The third kappa shape index (κ3) is 6.83. The van der Waals surface area contributed by atoms with Crippen molar-refractivity contribution in [2.24, 2.45) is 0 Å². The number of rotatable bonds is 2. The number of H-pyrrole nitrogens is 2. The van der Waals surface area contributed by atoms with Crippen molar-refractivity contribution in [1.29, 1.82) is 0 Å². The van der Waals surface area contributed by atoms with Gasteiger partial charge in [0.05, 0.1) is 24.3 Å². The maximum Gasteiger partial charge on any atom is 1.00 e. The van der Waals surface area contributed by atoms with E-state index in [0.717, 1.165) is 12.4 Å². The number of carbonyl (C=O) groups is 2. The molecule has 2 heterocycles. The number of aromatic amines is 2. The van der Waals surface area contributed by atoms with Crippen LogP contribution < -0.4 is 69.3 Å². The minimum atomic E-state index is -1.32. The third-order valence-electron chi connectivity index (χ3n) is 1.25. The van der Waals surface area contributed by atoms with Crippen LogP contribution in [0.3, 0.4) is 0 Å². The Labute approximate surface area is 144 Å². The zero-order valence-electron chi connectivity index (χ0n) is 9.58. The van der Waals surface area contributed by atoms with Gasteiger partial charge in [0.25, 0.3) is 0 Å². The SMILES string of the molecule is O=C([O-])c1cn[nH]n1.O=C([O-])c1cn[nH]n1.[Na+].[Na+]. The van der Waals surface area contributed by atoms with Gasteiger partial charge in [-0.05, 0) is 0 Å². The molecule has 2 N–H and O–H groups in total. The molecule has 0 saturated heterocycles. The molecular weight excluding hydrogens is 266 g/mol. The molecule has 0 aliphatic heterocycles. The van der Waals surface area contributed by atoms with Gasteiger partial charge in [-0.15, -0.1) is 0 Å². The first-order chi connectivity index (χ1) is 7.61. The van der Waals surface area contributed by atoms with E-state index in [0.29, 0.717) is 0 Å². The largest absolute Gasteiger partial charge is 1.00 e. The smallest absolute Gasteiger partial charge is 0.543 e. The Morgan fingerprint density at radius 3 is 1.33 bits per heavy atom. The van der Waals surface area contributed by atoms with Crippen molar-refractivity contribution in [2.75, 3.05) is 0 Å². The number of hydrogen-bond acceptors (Lipinski definition) is 8. The van der Waals surface area contributed by atoms with Crippen LogP contribution >= 0.6 is 0 Å². The zero-order valence-corrected chi connectivity index (χ0v) is 13.6. The Morgan fingerprint density at radius 1 is 0.889 bits per heavy atom. The molecule has 0 fully saturated rings. The Morgan fingerprint density at radius 2 is 1.22 bits per heavy atom. The minimum Gasteiger partial charge on any atom is -0.543 e. The molecule has 0 spiro atoms. The van der Waals surface area contributed by atoms with E-state index >= 15 is 0 Å². The van der Waals surface area contributed by atoms with Gasteiger partial charge in [0, 0.05) is 0 Å². The van der Waals surface area contributed by atoms with Crippen LogP contribution in [0.25, 0.3) is 0 Å². The molecule has 0 aliphatic rings. The Hall–Kier alpha value is -0.780. The summed E-state index contributed by atoms with van der Waals surface area (Å²) in [7, 11) is 0. The first-order valence-corrected chi connectivity index (χ1v) is 3.75. The first-order valence-electron chi connectivity index (χ1n) is 3.75. The summed E-state index contributed by atoms with van der Waals surface area (Å²) in [5, 5.41) is 36.8. The van der Waals surface area contributed by atoms with Crippen molar-refractivity contribution in [1.82, 2.24) is 30.8 Å². The van der Waals surface area contributed by atoms with Crippen molar-refractivity contribution in [3.8, 4) is 0 Å². The second kappa shape index (κ2) is 10.2. The molecule has 0 bridgehead atoms. The zero-order chi connectivity index (χ0) is 12.0. The van der Waals surface area contributed by atoms with Crippen LogP contribution in [0.5, 0.6) is 0 Å². The molecule has 0 unspecified atom stereocenters. The van der Waals surface area contributed by atoms with Crippen molar-refractivity contribution < 1.29 is 78.9 Å². The maximum atomic E-state index is 9.83. The average Bonchev–Trinajstić information content (AvgIpc) is 2.93. The quantitative estimate of drug-likeness (QED) is 0.508. The summed E-state index contributed by atoms with van der Waals surface area (Å²) in [4.78, 5) is 19.7. The van der Waals surface area contributed by atoms with Gasteiger partial charge in [-0.3, -0.25) is 0 Å². The third-order valence-corrected chi connectivity index (χ3v) is 1.25. The van der Waals surface area contributed by atoms with Gasteiger partial charge in [0.1, 0.15) is 11.4 Å². The average molecular weight is 270 g/mol. The summed E-state index contributed by atoms with van der Waals surface area (Å²) in [6.07, 6.45) is 2.16. The standard InChI is InChI=1S/2C3H3N3O2.2Na/c2*7-3(8)2-1-4-6-5-2;;/h2*1H,(H,7,8)(H,4,5,6);;/q;;2*+1/p-2. The van der Waals surface area contributed by atoms with Crippen LogP contribution in [0, 0.1) is 0 Å². The van der Waals surface area contributed by atoms with Crippen molar-refractivity contribution in [3.05, 3.63) is 23.8 Å². The predicted octanol–water partition coefficient (Wildman–Crippen LogP) is -9.66. The van der Waals surface area contributed by atoms with Gasteiger partial charge in [0.2, 0.25) is 0 Å². The van der Waals surface area contributed by atoms with Crippen LogP contribution in [0.15, 0.2) is 12.4 Å². The molecule has 12 heteroatoms. The van der Waals surface area contributed by atoms with E-state index in [-0.39, 0.29) is 70.5 Å². The van der Waals surface area contributed by atoms with Crippen molar-refractivity contribution >= 4 is 11.9 Å². The molecule has 0 saturated carbocycles. The number of nitrogens with one attached hydrogen (secondary N) is 2. The van der Waals surface area contributed by atoms with Crippen LogP contribution in [-0.2, 0) is 0 Å². The van der Waals surface area contributed by atoms with E-state index in [1.54, 1.807) is 0 Å². The van der Waals surface area contributed by atoms with Gasteiger partial charge in [-0.1, -0.05) is 0 Å². The number of aromatic nitrogens is 6. The van der Waals surface area contributed by atoms with Gasteiger partial charge in [-0.25, -0.2) is 0 Å². The summed E-state index contributed by atoms with van der Waals surface area (Å²) in [6, 6.07) is 0. The maximum absolute atomic E-state index is 9.83. The predicted molar refractivity (Wildman–Crippen MR) is 41.4 cm³/mol. The second-order valence-electron chi connectivity index (χ2n) is 2.29. The number of aromatic carboxylic acids is 2. The fourth-order valence-corrected chi connectivity index (χ4v) is 0.600. The Balaban J connectivity index is 0. The van der Waals surface area contributed by atoms with Gasteiger partial charge < -0.3 is 19.8 Å². The normalized spacial score (nSPS) is 8.00. The van der Waals surface area contributed by atoms with E-state index in [1.807, 2.05) is 0 Å². The monoisotopic (exact) mass is 270 g/mol. The number of carbonyl (C=O) groups excluding carboxylic acids is 2. The molecule has 18 heavy (non-hydrogen) atoms. The summed E-state index contributed by atoms with van der Waals surface area (Å²) >= 11 is 0. The Kier molecular flexibility index (Phi) is 11.1. The van der Waals surface area contributed by atoms with E-state index in [9.17, 15) is 19.8 Å². The molecule has 0 amide bonds. The van der Waals surface area contributed by atoms with E-state index in [4.69, 9.17) is 0 Å². The van der Waals surface area contributed by atoms with E-state index in [2.05, 4.69) is 30.8 Å². The molecule has 0 aliphatic carbocycles. The summed E-state index contributed by atoms with van der Waals surface area (Å²) < 4.78 is 0. The van der Waals surface area contributed by atoms with Crippen molar-refractivity contribution in [3.63, 3.8) is 0 Å². The molecule has 0 aromatic carbocycles. The number of nitrogens with zero attached hydrogens (tertiary/aromatic N) is 4. The van der Waals surface area contributed by atoms with Crippen molar-refractivity contribution in [2.45, 2.75) is 0 Å². The molecule has 2 rings (SSSR count). The molecule has 0 radical (unpaired) electrons. The fourth-order valence-electron chi connectivity index (χ4n) is 0.600. The van der Waals surface area contributed by atoms with Crippen LogP contribution in [0.4, 0.5) is 0 Å². The molecule has 0 atom stereocenters. The number of carboxylic acid groups (broad SMARTS) is 2. The van der Waals surface area contributed by atoms with Gasteiger partial charge >= 0.3 is 59.1 Å². The Bertz CT molecular complexity index is 414. The minimum absolute atomic E-state index is 0. The molecule has 2 aromatic heterocycles. The van der Waals surface area contributed by atoms with Crippen LogP contribution in [0.1, 0.15) is 21.0 Å². The second-order valence-corrected chi connectivity index (χ2v) is 2.29. The topological polar surface area (TPSA) is 163 Å². The molecular formula is C6H4N6Na2O4. The first kappa shape index (κ1) is 19.6. The van der Waals surface area contributed by atoms with Gasteiger partial charge in [0.15, 0.2) is 0 Å². The van der Waals surface area contributed by atoms with E-state index < -0.39 is 11.9 Å². The van der Waals surface area contributed by atoms with Gasteiger partial charge in [-0.2, -0.15) is 30.8 Å². The van der Waals surface area contributed by atoms with Crippen LogP contribution in [-0.4, -0.2) is 42.8 Å². The molecule has 10 nitrogen and oxygen atoms in total. The number of carboxylic acids is 2. The molecule has 84 valence electrons.